The van der Waals surface area contributed by atoms with Gasteiger partial charge in [0.2, 0.25) is 17.7 Å². The third kappa shape index (κ3) is 2.56. The normalized spacial score (nSPS) is 25.4. The smallest absolute Gasteiger partial charge is 0.240 e. The largest absolute Gasteiger partial charge is 0.343 e. The summed E-state index contributed by atoms with van der Waals surface area (Å²) in [5, 5.41) is 0. The van der Waals surface area contributed by atoms with Crippen LogP contribution in [0.4, 0.5) is 0 Å². The van der Waals surface area contributed by atoms with E-state index in [1.807, 2.05) is 56.0 Å². The quantitative estimate of drug-likeness (QED) is 0.782. The molecule has 2 saturated heterocycles. The number of likely N-dealkylation sites (N-methyl/N-ethyl adjacent to an activating group) is 1. The van der Waals surface area contributed by atoms with E-state index in [1.54, 1.807) is 7.05 Å². The molecule has 2 aliphatic heterocycles. The van der Waals surface area contributed by atoms with Crippen molar-refractivity contribution in [2.24, 2.45) is 11.3 Å². The van der Waals surface area contributed by atoms with Crippen LogP contribution in [0.3, 0.4) is 0 Å². The molecule has 2 aliphatic rings. The summed E-state index contributed by atoms with van der Waals surface area (Å²) in [5.74, 6) is 0.204. The van der Waals surface area contributed by atoms with Crippen LogP contribution in [0.25, 0.3) is 0 Å². The molecule has 0 aromatic heterocycles. The number of hydrogen-bond donors (Lipinski definition) is 0. The van der Waals surface area contributed by atoms with Crippen LogP contribution in [0.15, 0.2) is 30.3 Å². The molecule has 3 rings (SSSR count). The number of benzene rings is 1. The van der Waals surface area contributed by atoms with Crippen molar-refractivity contribution in [3.63, 3.8) is 0 Å². The van der Waals surface area contributed by atoms with Crippen molar-refractivity contribution >= 4 is 17.7 Å². The zero-order valence-electron chi connectivity index (χ0n) is 16.1. The third-order valence-electron chi connectivity index (χ3n) is 6.31. The molecule has 0 radical (unpaired) electrons. The Morgan fingerprint density at radius 3 is 2.19 bits per heavy atom. The maximum Gasteiger partial charge on any atom is 0.240 e. The molecule has 1 aromatic rings. The molecule has 2 heterocycles. The van der Waals surface area contributed by atoms with E-state index in [1.165, 1.54) is 4.90 Å². The van der Waals surface area contributed by atoms with Gasteiger partial charge in [-0.1, -0.05) is 44.2 Å². The van der Waals surface area contributed by atoms with Crippen LogP contribution in [0.2, 0.25) is 0 Å². The second-order valence-corrected chi connectivity index (χ2v) is 8.22. The minimum absolute atomic E-state index is 0.107. The SMILES string of the molecule is CC(C)CC(=O)N1CCC2(CC1)C(=O)N(C)C(=O)C2(C)c1ccccc1. The van der Waals surface area contributed by atoms with Gasteiger partial charge in [-0.3, -0.25) is 19.3 Å². The maximum absolute atomic E-state index is 13.1. The summed E-state index contributed by atoms with van der Waals surface area (Å²) >= 11 is 0. The second kappa shape index (κ2) is 6.53. The summed E-state index contributed by atoms with van der Waals surface area (Å²) in [6.45, 7) is 7.02. The van der Waals surface area contributed by atoms with Crippen molar-refractivity contribution in [3.8, 4) is 0 Å². The van der Waals surface area contributed by atoms with E-state index in [-0.39, 0.29) is 17.7 Å². The first-order valence-electron chi connectivity index (χ1n) is 9.40. The number of hydrogen-bond acceptors (Lipinski definition) is 3. The van der Waals surface area contributed by atoms with E-state index < -0.39 is 10.8 Å². The van der Waals surface area contributed by atoms with Crippen molar-refractivity contribution in [1.29, 1.82) is 0 Å². The summed E-state index contributed by atoms with van der Waals surface area (Å²) in [6.07, 6.45) is 1.57. The van der Waals surface area contributed by atoms with Crippen LogP contribution in [0, 0.1) is 11.3 Å². The number of likely N-dealkylation sites (tertiary alicyclic amines) is 2. The molecular weight excluding hydrogens is 328 g/mol. The van der Waals surface area contributed by atoms with E-state index in [4.69, 9.17) is 0 Å². The molecule has 1 aromatic carbocycles. The first-order valence-corrected chi connectivity index (χ1v) is 9.40. The van der Waals surface area contributed by atoms with E-state index in [2.05, 4.69) is 0 Å². The molecular formula is C21H28N2O3. The molecule has 26 heavy (non-hydrogen) atoms. The van der Waals surface area contributed by atoms with Gasteiger partial charge in [0.15, 0.2) is 0 Å². The maximum atomic E-state index is 13.1. The second-order valence-electron chi connectivity index (χ2n) is 8.22. The molecule has 5 nitrogen and oxygen atoms in total. The van der Waals surface area contributed by atoms with Crippen LogP contribution >= 0.6 is 0 Å². The highest BCUT2D eigenvalue weighted by Gasteiger charge is 2.66. The fourth-order valence-electron chi connectivity index (χ4n) is 4.67. The molecule has 1 atom stereocenters. The number of amides is 3. The Bertz CT molecular complexity index is 720. The first kappa shape index (κ1) is 18.6. The Morgan fingerprint density at radius 1 is 1.08 bits per heavy atom. The van der Waals surface area contributed by atoms with Gasteiger partial charge < -0.3 is 4.90 Å². The van der Waals surface area contributed by atoms with Gasteiger partial charge in [-0.2, -0.15) is 0 Å². The predicted octanol–water partition coefficient (Wildman–Crippen LogP) is 2.60. The monoisotopic (exact) mass is 356 g/mol. The molecule has 1 unspecified atom stereocenters. The molecule has 0 aliphatic carbocycles. The summed E-state index contributed by atoms with van der Waals surface area (Å²) in [6, 6.07) is 9.60. The summed E-state index contributed by atoms with van der Waals surface area (Å²) < 4.78 is 0. The number of piperidine rings is 1. The van der Waals surface area contributed by atoms with E-state index >= 15 is 0 Å². The number of carbonyl (C=O) groups is 3. The van der Waals surface area contributed by atoms with Gasteiger partial charge in [-0.25, -0.2) is 0 Å². The molecule has 0 bridgehead atoms. The minimum Gasteiger partial charge on any atom is -0.343 e. The zero-order chi connectivity index (χ0) is 19.1. The molecule has 140 valence electrons. The van der Waals surface area contributed by atoms with Crippen LogP contribution < -0.4 is 0 Å². The molecule has 2 fully saturated rings. The van der Waals surface area contributed by atoms with Crippen molar-refractivity contribution in [2.75, 3.05) is 20.1 Å². The van der Waals surface area contributed by atoms with E-state index in [0.29, 0.717) is 38.3 Å². The zero-order valence-corrected chi connectivity index (χ0v) is 16.1. The minimum atomic E-state index is -0.882. The lowest BCUT2D eigenvalue weighted by atomic mass is 9.58. The number of carbonyl (C=O) groups excluding carboxylic acids is 3. The molecule has 5 heteroatoms. The van der Waals surface area contributed by atoms with Crippen LogP contribution in [0.5, 0.6) is 0 Å². The molecule has 1 spiro atoms. The van der Waals surface area contributed by atoms with Gasteiger partial charge in [0.05, 0.1) is 10.8 Å². The first-order chi connectivity index (χ1) is 12.2. The fourth-order valence-corrected chi connectivity index (χ4v) is 4.67. The van der Waals surface area contributed by atoms with Crippen molar-refractivity contribution in [1.82, 2.24) is 9.80 Å². The van der Waals surface area contributed by atoms with Gasteiger partial charge in [0.1, 0.15) is 0 Å². The highest BCUT2D eigenvalue weighted by atomic mass is 16.2. The highest BCUT2D eigenvalue weighted by molar-refractivity contribution is 6.12. The summed E-state index contributed by atoms with van der Waals surface area (Å²) in [5.41, 5.74) is -0.771. The topological polar surface area (TPSA) is 57.7 Å². The summed E-state index contributed by atoms with van der Waals surface area (Å²) in [4.78, 5) is 41.8. The lowest BCUT2D eigenvalue weighted by Gasteiger charge is -2.45. The van der Waals surface area contributed by atoms with Crippen molar-refractivity contribution in [2.45, 2.75) is 45.4 Å². The highest BCUT2D eigenvalue weighted by Crippen LogP contribution is 2.55. The Balaban J connectivity index is 1.93. The van der Waals surface area contributed by atoms with Gasteiger partial charge in [-0.05, 0) is 31.2 Å². The average Bonchev–Trinajstić information content (AvgIpc) is 2.77. The van der Waals surface area contributed by atoms with Gasteiger partial charge >= 0.3 is 0 Å². The molecule has 0 N–H and O–H groups in total. The molecule has 3 amide bonds. The Kier molecular flexibility index (Phi) is 4.67. The fraction of sp³-hybridized carbons (Fsp3) is 0.571. The Labute approximate surface area is 155 Å². The van der Waals surface area contributed by atoms with Gasteiger partial charge in [0.25, 0.3) is 0 Å². The standard InChI is InChI=1S/C21H28N2O3/c1-15(2)14-17(24)23-12-10-21(11-13-23)19(26)22(4)18(25)20(21,3)16-8-6-5-7-9-16/h5-9,15H,10-14H2,1-4H3. The summed E-state index contributed by atoms with van der Waals surface area (Å²) in [7, 11) is 1.58. The van der Waals surface area contributed by atoms with Gasteiger partial charge in [-0.15, -0.1) is 0 Å². The lowest BCUT2D eigenvalue weighted by molar-refractivity contribution is -0.144. The predicted molar refractivity (Wildman–Crippen MR) is 99.3 cm³/mol. The Morgan fingerprint density at radius 2 is 1.65 bits per heavy atom. The third-order valence-corrected chi connectivity index (χ3v) is 6.31. The average molecular weight is 356 g/mol. The van der Waals surface area contributed by atoms with Crippen LogP contribution in [0.1, 0.15) is 45.6 Å². The van der Waals surface area contributed by atoms with Crippen LogP contribution in [-0.4, -0.2) is 47.7 Å². The van der Waals surface area contributed by atoms with Crippen LogP contribution in [-0.2, 0) is 19.8 Å². The van der Waals surface area contributed by atoms with E-state index in [0.717, 1.165) is 5.56 Å². The number of imide groups is 1. The molecule has 0 saturated carbocycles. The lowest BCUT2D eigenvalue weighted by Crippen LogP contribution is -2.54. The van der Waals surface area contributed by atoms with Crippen molar-refractivity contribution < 1.29 is 14.4 Å². The Hall–Kier alpha value is -2.17. The van der Waals surface area contributed by atoms with E-state index in [9.17, 15) is 14.4 Å². The number of rotatable bonds is 3. The number of nitrogens with zero attached hydrogens (tertiary/aromatic N) is 2. The van der Waals surface area contributed by atoms with Gasteiger partial charge in [0, 0.05) is 26.6 Å². The van der Waals surface area contributed by atoms with Crippen molar-refractivity contribution in [3.05, 3.63) is 35.9 Å².